The molecular weight excluding hydrogens is 626 g/mol. The number of amides is 1. The number of alkyl halides is 7. The van der Waals surface area contributed by atoms with Gasteiger partial charge in [-0.15, -0.1) is 5.10 Å². The number of halogens is 8. The molecule has 1 saturated heterocycles. The predicted octanol–water partition coefficient (Wildman–Crippen LogP) is 5.50. The molecule has 0 unspecified atom stereocenters. The maximum absolute atomic E-state index is 14.7. The summed E-state index contributed by atoms with van der Waals surface area (Å²) in [6, 6.07) is 5.63. The summed E-state index contributed by atoms with van der Waals surface area (Å²) in [5, 5.41) is 13.7. The number of tetrazole rings is 1. The molecule has 1 atom stereocenters. The Morgan fingerprint density at radius 1 is 0.886 bits per heavy atom. The lowest BCUT2D eigenvalue weighted by molar-refractivity contribution is -0.348. The molecule has 8 nitrogen and oxygen atoms in total. The molecule has 44 heavy (non-hydrogen) atoms. The van der Waals surface area contributed by atoms with Crippen molar-refractivity contribution < 1.29 is 48.3 Å². The topological polar surface area (TPSA) is 109 Å². The van der Waals surface area contributed by atoms with E-state index in [1.54, 1.807) is 0 Å². The largest absolute Gasteiger partial charge is 0.435 e. The third kappa shape index (κ3) is 5.21. The maximum Gasteiger partial charge on any atom is 0.435 e. The second-order valence-corrected chi connectivity index (χ2v) is 13.3. The van der Waals surface area contributed by atoms with Gasteiger partial charge in [-0.05, 0) is 72.4 Å². The van der Waals surface area contributed by atoms with Gasteiger partial charge in [-0.25, -0.2) is 22.3 Å². The zero-order valence-corrected chi connectivity index (χ0v) is 23.5. The third-order valence-electron chi connectivity index (χ3n) is 8.60. The van der Waals surface area contributed by atoms with Crippen molar-refractivity contribution in [2.75, 3.05) is 13.1 Å². The molecule has 1 saturated carbocycles. The van der Waals surface area contributed by atoms with Crippen LogP contribution < -0.4 is 0 Å². The van der Waals surface area contributed by atoms with Crippen LogP contribution in [0.15, 0.2) is 53.4 Å². The maximum atomic E-state index is 14.7. The molecule has 0 spiro atoms. The zero-order valence-electron chi connectivity index (χ0n) is 22.7. The van der Waals surface area contributed by atoms with Gasteiger partial charge in [0, 0.05) is 30.5 Å². The van der Waals surface area contributed by atoms with E-state index in [0.717, 1.165) is 24.3 Å². The van der Waals surface area contributed by atoms with Crippen molar-refractivity contribution in [2.24, 2.45) is 5.92 Å². The fourth-order valence-electron chi connectivity index (χ4n) is 6.12. The molecule has 17 heteroatoms. The molecule has 1 amide bonds. The Bertz CT molecular complexity index is 1570. The van der Waals surface area contributed by atoms with Gasteiger partial charge < -0.3 is 4.90 Å². The predicted molar refractivity (Wildman–Crippen MR) is 137 cm³/mol. The fraction of sp³-hybridized carbons (Fsp3) is 0.481. The zero-order chi connectivity index (χ0) is 32.1. The van der Waals surface area contributed by atoms with Crippen LogP contribution in [0, 0.1) is 11.7 Å². The van der Waals surface area contributed by atoms with Crippen molar-refractivity contribution in [3.63, 3.8) is 0 Å². The molecule has 2 aromatic carbocycles. The number of aromatic amines is 1. The number of likely N-dealkylation sites (tertiary alicyclic amines) is 1. The van der Waals surface area contributed by atoms with Gasteiger partial charge in [-0.1, -0.05) is 24.3 Å². The van der Waals surface area contributed by atoms with Crippen molar-refractivity contribution >= 4 is 15.7 Å². The van der Waals surface area contributed by atoms with Gasteiger partial charge in [0.1, 0.15) is 10.6 Å². The van der Waals surface area contributed by atoms with E-state index < -0.39 is 56.4 Å². The number of nitrogens with zero attached hydrogens (tertiary/aromatic N) is 4. The van der Waals surface area contributed by atoms with E-state index in [4.69, 9.17) is 0 Å². The first kappa shape index (κ1) is 31.8. The fourth-order valence-corrected chi connectivity index (χ4v) is 8.20. The van der Waals surface area contributed by atoms with Gasteiger partial charge >= 0.3 is 18.0 Å². The van der Waals surface area contributed by atoms with Gasteiger partial charge in [-0.3, -0.25) is 4.79 Å². The van der Waals surface area contributed by atoms with Crippen LogP contribution in [0.3, 0.4) is 0 Å². The number of carbonyl (C=O) groups excluding carboxylic acids is 1. The van der Waals surface area contributed by atoms with E-state index in [-0.39, 0.29) is 47.4 Å². The van der Waals surface area contributed by atoms with E-state index >= 15 is 0 Å². The highest BCUT2D eigenvalue weighted by Crippen LogP contribution is 2.54. The Labute approximate surface area is 245 Å². The molecule has 0 bridgehead atoms. The van der Waals surface area contributed by atoms with Crippen molar-refractivity contribution in [3.8, 4) is 0 Å². The highest BCUT2D eigenvalue weighted by Gasteiger charge is 2.73. The first-order chi connectivity index (χ1) is 20.5. The number of nitrogens with one attached hydrogen (secondary N) is 1. The van der Waals surface area contributed by atoms with Crippen LogP contribution in [0.4, 0.5) is 35.1 Å². The standard InChI is InChI=1S/C27H25F8N5O3S/c28-20-9-11-21(12-10-20)44(42,43)24(18-5-7-19(8-6-18)25(29,26(30,31)32)27(33,34)35)13-14-40(15-24)23(41)17-3-1-16(2-4-17)22-36-38-39-37-22/h5-12,16-17H,1-4,13-15H2,(H,36,37,38,39)/t16-,17-,24-/m0/s1. The molecule has 0 radical (unpaired) electrons. The molecule has 2 fully saturated rings. The van der Waals surface area contributed by atoms with Crippen LogP contribution in [0.1, 0.15) is 55.0 Å². The van der Waals surface area contributed by atoms with Gasteiger partial charge in [-0.2, -0.15) is 26.3 Å². The van der Waals surface area contributed by atoms with Crippen LogP contribution in [0.25, 0.3) is 0 Å². The first-order valence-electron chi connectivity index (χ1n) is 13.5. The number of benzene rings is 2. The Morgan fingerprint density at radius 2 is 1.48 bits per heavy atom. The number of rotatable bonds is 6. The average Bonchev–Trinajstić information content (AvgIpc) is 3.68. The molecule has 1 aliphatic carbocycles. The van der Waals surface area contributed by atoms with E-state index in [1.165, 1.54) is 4.90 Å². The molecule has 2 aliphatic rings. The minimum absolute atomic E-state index is 0.0000996. The lowest BCUT2D eigenvalue weighted by Gasteiger charge is -2.33. The van der Waals surface area contributed by atoms with Crippen molar-refractivity contribution in [3.05, 3.63) is 71.3 Å². The molecule has 238 valence electrons. The third-order valence-corrected chi connectivity index (χ3v) is 11.1. The summed E-state index contributed by atoms with van der Waals surface area (Å²) >= 11 is 0. The second kappa shape index (κ2) is 11.1. The van der Waals surface area contributed by atoms with Crippen LogP contribution >= 0.6 is 0 Å². The molecule has 2 heterocycles. The minimum Gasteiger partial charge on any atom is -0.340 e. The van der Waals surface area contributed by atoms with Crippen LogP contribution in [0.2, 0.25) is 0 Å². The number of hydrogen-bond acceptors (Lipinski definition) is 6. The van der Waals surface area contributed by atoms with E-state index in [9.17, 15) is 48.3 Å². The van der Waals surface area contributed by atoms with Crippen molar-refractivity contribution in [1.29, 1.82) is 0 Å². The molecule has 1 aromatic heterocycles. The monoisotopic (exact) mass is 651 g/mol. The summed E-state index contributed by atoms with van der Waals surface area (Å²) in [4.78, 5) is 14.5. The summed E-state index contributed by atoms with van der Waals surface area (Å²) in [5.41, 5.74) is -7.73. The van der Waals surface area contributed by atoms with Crippen molar-refractivity contribution in [2.45, 2.75) is 65.7 Å². The quantitative estimate of drug-likeness (QED) is 0.279. The Kier molecular flexibility index (Phi) is 7.99. The SMILES string of the molecule is O=C([C@H]1CC[C@H](c2nnn[nH]2)CC1)N1CC[C@](c2ccc(C(F)(C(F)(F)F)C(F)(F)F)cc2)(S(=O)(=O)c2ccc(F)cc2)C1. The number of H-pyrrole nitrogens is 1. The Hall–Kier alpha value is -3.63. The lowest BCUT2D eigenvalue weighted by Crippen LogP contribution is -2.50. The first-order valence-corrected chi connectivity index (χ1v) is 15.0. The smallest absolute Gasteiger partial charge is 0.340 e. The highest BCUT2D eigenvalue weighted by molar-refractivity contribution is 7.92. The van der Waals surface area contributed by atoms with Gasteiger partial charge in [0.05, 0.1) is 4.90 Å². The number of carbonyl (C=O) groups is 1. The van der Waals surface area contributed by atoms with E-state index in [0.29, 0.717) is 43.6 Å². The number of aromatic nitrogens is 4. The summed E-state index contributed by atoms with van der Waals surface area (Å²) < 4.78 is 135. The van der Waals surface area contributed by atoms with Crippen LogP contribution in [-0.4, -0.2) is 65.3 Å². The summed E-state index contributed by atoms with van der Waals surface area (Å²) in [7, 11) is -4.54. The van der Waals surface area contributed by atoms with Gasteiger partial charge in [0.15, 0.2) is 15.7 Å². The van der Waals surface area contributed by atoms with E-state index in [2.05, 4.69) is 20.6 Å². The summed E-state index contributed by atoms with van der Waals surface area (Å²) in [6.07, 6.45) is -10.9. The van der Waals surface area contributed by atoms with Gasteiger partial charge in [0.25, 0.3) is 0 Å². The Morgan fingerprint density at radius 3 is 2.00 bits per heavy atom. The summed E-state index contributed by atoms with van der Waals surface area (Å²) in [6.45, 7) is -0.568. The minimum atomic E-state index is -6.36. The molecule has 5 rings (SSSR count). The molecule has 3 aromatic rings. The Balaban J connectivity index is 1.48. The highest BCUT2D eigenvalue weighted by atomic mass is 32.2. The molecule has 1 N–H and O–H groups in total. The van der Waals surface area contributed by atoms with Gasteiger partial charge in [0.2, 0.25) is 5.91 Å². The summed E-state index contributed by atoms with van der Waals surface area (Å²) in [5.74, 6) is -0.998. The van der Waals surface area contributed by atoms with Crippen LogP contribution in [0.5, 0.6) is 0 Å². The molecular formula is C27H25F8N5O3S. The normalized spacial score (nSPS) is 23.6. The second-order valence-electron chi connectivity index (χ2n) is 11.0. The number of hydrogen-bond donors (Lipinski definition) is 1. The van der Waals surface area contributed by atoms with E-state index in [1.807, 2.05) is 0 Å². The molecule has 1 aliphatic heterocycles. The van der Waals surface area contributed by atoms with Crippen molar-refractivity contribution in [1.82, 2.24) is 25.5 Å². The van der Waals surface area contributed by atoms with Crippen LogP contribution in [-0.2, 0) is 25.0 Å². The lowest BCUT2D eigenvalue weighted by atomic mass is 9.81. The average molecular weight is 652 g/mol. The number of sulfone groups is 1.